The van der Waals surface area contributed by atoms with Crippen LogP contribution in [0.4, 0.5) is 0 Å². The molecule has 26 heavy (non-hydrogen) atoms. The van der Waals surface area contributed by atoms with Crippen molar-refractivity contribution in [2.75, 3.05) is 26.9 Å². The molecule has 0 radical (unpaired) electrons. The summed E-state index contributed by atoms with van der Waals surface area (Å²) in [7, 11) is 1.68. The molecule has 0 N–H and O–H groups in total. The summed E-state index contributed by atoms with van der Waals surface area (Å²) in [6.45, 7) is 5.88. The minimum Gasteiger partial charge on any atom is -0.466 e. The number of esters is 2. The number of hydrogen-bond acceptors (Lipinski definition) is 5. The molecule has 0 heterocycles. The van der Waals surface area contributed by atoms with Crippen LogP contribution >= 0.6 is 0 Å². The Kier molecular flexibility index (Phi) is 17.9. The van der Waals surface area contributed by atoms with Gasteiger partial charge in [0.2, 0.25) is 0 Å². The lowest BCUT2D eigenvalue weighted by Crippen LogP contribution is -2.17. The SMILES string of the molecule is CCCCCCCCOC(=O)CCC(=O)OCC(CCCC)CCOC. The quantitative estimate of drug-likeness (QED) is 0.249. The Morgan fingerprint density at radius 2 is 1.35 bits per heavy atom. The van der Waals surface area contributed by atoms with Crippen molar-refractivity contribution in [1.82, 2.24) is 0 Å². The fourth-order valence-corrected chi connectivity index (χ4v) is 2.72. The van der Waals surface area contributed by atoms with Gasteiger partial charge >= 0.3 is 11.9 Å². The highest BCUT2D eigenvalue weighted by Crippen LogP contribution is 2.14. The second-order valence-corrected chi connectivity index (χ2v) is 6.96. The normalized spacial score (nSPS) is 12.0. The third-order valence-corrected chi connectivity index (χ3v) is 4.47. The molecule has 0 aliphatic rings. The highest BCUT2D eigenvalue weighted by Gasteiger charge is 2.13. The van der Waals surface area contributed by atoms with E-state index in [0.717, 1.165) is 38.5 Å². The molecule has 0 aliphatic heterocycles. The number of ether oxygens (including phenoxy) is 3. The van der Waals surface area contributed by atoms with Crippen LogP contribution in [0, 0.1) is 5.92 Å². The molecule has 0 rings (SSSR count). The van der Waals surface area contributed by atoms with Crippen LogP contribution in [0.1, 0.15) is 90.9 Å². The van der Waals surface area contributed by atoms with E-state index < -0.39 is 0 Å². The molecular formula is C21H40O5. The molecule has 0 aromatic rings. The largest absolute Gasteiger partial charge is 0.466 e. The lowest BCUT2D eigenvalue weighted by molar-refractivity contribution is -0.151. The second kappa shape index (κ2) is 18.7. The predicted octanol–water partition coefficient (Wildman–Crippen LogP) is 5.06. The van der Waals surface area contributed by atoms with Gasteiger partial charge in [0, 0.05) is 13.7 Å². The van der Waals surface area contributed by atoms with Gasteiger partial charge in [-0.2, -0.15) is 0 Å². The molecule has 0 amide bonds. The zero-order valence-electron chi connectivity index (χ0n) is 17.2. The highest BCUT2D eigenvalue weighted by molar-refractivity contribution is 5.77. The van der Waals surface area contributed by atoms with Crippen LogP contribution in [-0.4, -0.2) is 38.9 Å². The van der Waals surface area contributed by atoms with Gasteiger partial charge < -0.3 is 14.2 Å². The molecule has 0 fully saturated rings. The van der Waals surface area contributed by atoms with Gasteiger partial charge in [-0.05, 0) is 25.2 Å². The van der Waals surface area contributed by atoms with Gasteiger partial charge in [-0.1, -0.05) is 58.8 Å². The monoisotopic (exact) mass is 372 g/mol. The standard InChI is InChI=1S/C21H40O5/c1-4-6-8-9-10-11-16-25-20(22)13-14-21(23)26-18-19(12-7-5-2)15-17-24-3/h19H,4-18H2,1-3H3. The predicted molar refractivity (Wildman–Crippen MR) is 104 cm³/mol. The highest BCUT2D eigenvalue weighted by atomic mass is 16.5. The molecule has 1 atom stereocenters. The lowest BCUT2D eigenvalue weighted by Gasteiger charge is -2.16. The first-order chi connectivity index (χ1) is 12.6. The van der Waals surface area contributed by atoms with Gasteiger partial charge in [0.1, 0.15) is 0 Å². The van der Waals surface area contributed by atoms with Gasteiger partial charge in [0.05, 0.1) is 26.1 Å². The summed E-state index contributed by atoms with van der Waals surface area (Å²) in [5.74, 6) is -0.295. The van der Waals surface area contributed by atoms with E-state index in [2.05, 4.69) is 13.8 Å². The maximum absolute atomic E-state index is 11.8. The van der Waals surface area contributed by atoms with Crippen molar-refractivity contribution >= 4 is 11.9 Å². The van der Waals surface area contributed by atoms with Gasteiger partial charge in [0.15, 0.2) is 0 Å². The van der Waals surface area contributed by atoms with E-state index in [9.17, 15) is 9.59 Å². The van der Waals surface area contributed by atoms with Crippen LogP contribution < -0.4 is 0 Å². The number of carbonyl (C=O) groups is 2. The van der Waals surface area contributed by atoms with Crippen LogP contribution in [0.15, 0.2) is 0 Å². The number of unbranched alkanes of at least 4 members (excludes halogenated alkanes) is 6. The smallest absolute Gasteiger partial charge is 0.306 e. The van der Waals surface area contributed by atoms with E-state index in [4.69, 9.17) is 14.2 Å². The zero-order chi connectivity index (χ0) is 19.5. The molecule has 0 aromatic carbocycles. The topological polar surface area (TPSA) is 61.8 Å². The first-order valence-electron chi connectivity index (χ1n) is 10.4. The second-order valence-electron chi connectivity index (χ2n) is 6.96. The molecule has 154 valence electrons. The molecule has 1 unspecified atom stereocenters. The average molecular weight is 373 g/mol. The van der Waals surface area contributed by atoms with E-state index in [1.165, 1.54) is 25.7 Å². The Morgan fingerprint density at radius 3 is 2.00 bits per heavy atom. The van der Waals surface area contributed by atoms with Crippen molar-refractivity contribution in [2.45, 2.75) is 90.9 Å². The molecule has 0 saturated carbocycles. The molecule has 0 aromatic heterocycles. The van der Waals surface area contributed by atoms with Gasteiger partial charge in [-0.25, -0.2) is 0 Å². The number of rotatable bonds is 18. The Balaban J connectivity index is 3.72. The number of hydrogen-bond donors (Lipinski definition) is 0. The van der Waals surface area contributed by atoms with Gasteiger partial charge in [-0.3, -0.25) is 9.59 Å². The van der Waals surface area contributed by atoms with Gasteiger partial charge in [0.25, 0.3) is 0 Å². The van der Waals surface area contributed by atoms with E-state index in [0.29, 0.717) is 25.7 Å². The summed E-state index contributed by atoms with van der Waals surface area (Å²) in [6, 6.07) is 0. The average Bonchev–Trinajstić information content (AvgIpc) is 2.65. The third kappa shape index (κ3) is 16.4. The van der Waals surface area contributed by atoms with Crippen LogP contribution in [0.25, 0.3) is 0 Å². The maximum atomic E-state index is 11.8. The maximum Gasteiger partial charge on any atom is 0.306 e. The van der Waals surface area contributed by atoms with E-state index in [1.807, 2.05) is 0 Å². The first kappa shape index (κ1) is 24.9. The summed E-state index contributed by atoms with van der Waals surface area (Å²) >= 11 is 0. The molecule has 5 nitrogen and oxygen atoms in total. The van der Waals surface area contributed by atoms with Gasteiger partial charge in [-0.15, -0.1) is 0 Å². The number of methoxy groups -OCH3 is 1. The van der Waals surface area contributed by atoms with Crippen molar-refractivity contribution in [3.63, 3.8) is 0 Å². The molecule has 5 heteroatoms. The van der Waals surface area contributed by atoms with Crippen molar-refractivity contribution in [2.24, 2.45) is 5.92 Å². The first-order valence-corrected chi connectivity index (χ1v) is 10.4. The molecule has 0 spiro atoms. The molecule has 0 bridgehead atoms. The van der Waals surface area contributed by atoms with Crippen molar-refractivity contribution < 1.29 is 23.8 Å². The van der Waals surface area contributed by atoms with E-state index in [-0.39, 0.29) is 24.8 Å². The van der Waals surface area contributed by atoms with Crippen LogP contribution in [0.5, 0.6) is 0 Å². The summed E-state index contributed by atoms with van der Waals surface area (Å²) in [5.41, 5.74) is 0. The Labute approximate surface area is 160 Å². The van der Waals surface area contributed by atoms with Crippen molar-refractivity contribution in [3.8, 4) is 0 Å². The minimum atomic E-state index is -0.319. The molecular weight excluding hydrogens is 332 g/mol. The van der Waals surface area contributed by atoms with Crippen molar-refractivity contribution in [3.05, 3.63) is 0 Å². The molecule has 0 aliphatic carbocycles. The van der Waals surface area contributed by atoms with E-state index >= 15 is 0 Å². The summed E-state index contributed by atoms with van der Waals surface area (Å²) in [6.07, 6.45) is 11.3. The Bertz CT molecular complexity index is 335. The molecule has 0 saturated heterocycles. The Hall–Kier alpha value is -1.10. The zero-order valence-corrected chi connectivity index (χ0v) is 17.2. The lowest BCUT2D eigenvalue weighted by atomic mass is 10.00. The fourth-order valence-electron chi connectivity index (χ4n) is 2.72. The van der Waals surface area contributed by atoms with Crippen molar-refractivity contribution in [1.29, 1.82) is 0 Å². The summed E-state index contributed by atoms with van der Waals surface area (Å²) < 4.78 is 15.6. The minimum absolute atomic E-state index is 0.0973. The van der Waals surface area contributed by atoms with Crippen LogP contribution in [-0.2, 0) is 23.8 Å². The van der Waals surface area contributed by atoms with Crippen LogP contribution in [0.3, 0.4) is 0 Å². The Morgan fingerprint density at radius 1 is 0.731 bits per heavy atom. The van der Waals surface area contributed by atoms with Crippen LogP contribution in [0.2, 0.25) is 0 Å². The number of carbonyl (C=O) groups excluding carboxylic acids is 2. The summed E-state index contributed by atoms with van der Waals surface area (Å²) in [4.78, 5) is 23.5. The summed E-state index contributed by atoms with van der Waals surface area (Å²) in [5, 5.41) is 0. The fraction of sp³-hybridized carbons (Fsp3) is 0.905. The van der Waals surface area contributed by atoms with E-state index in [1.54, 1.807) is 7.11 Å². The third-order valence-electron chi connectivity index (χ3n) is 4.47.